The highest BCUT2D eigenvalue weighted by Gasteiger charge is 2.34. The molecule has 0 unspecified atom stereocenters. The van der Waals surface area contributed by atoms with Crippen molar-refractivity contribution >= 4 is 23.9 Å². The zero-order chi connectivity index (χ0) is 11.5. The summed E-state index contributed by atoms with van der Waals surface area (Å²) in [4.78, 5) is 24.9. The lowest BCUT2D eigenvalue weighted by Crippen LogP contribution is -2.30. The molecule has 2 rings (SSSR count). The minimum absolute atomic E-state index is 0.233. The zero-order valence-corrected chi connectivity index (χ0v) is 9.37. The van der Waals surface area contributed by atoms with Crippen LogP contribution >= 0.6 is 12.0 Å². The second kappa shape index (κ2) is 4.67. The maximum absolute atomic E-state index is 11.8. The van der Waals surface area contributed by atoms with E-state index in [9.17, 15) is 9.59 Å². The number of carbonyl (C=O) groups is 2. The summed E-state index contributed by atoms with van der Waals surface area (Å²) in [5.41, 5.74) is 0.952. The van der Waals surface area contributed by atoms with Crippen LogP contribution in [-0.4, -0.2) is 33.6 Å². The molecule has 0 saturated heterocycles. The molecule has 5 heteroatoms. The fourth-order valence-electron chi connectivity index (χ4n) is 1.73. The van der Waals surface area contributed by atoms with Gasteiger partial charge in [-0.1, -0.05) is 12.1 Å². The Bertz CT molecular complexity index is 398. The summed E-state index contributed by atoms with van der Waals surface area (Å²) in [5, 5.41) is 0. The monoisotopic (exact) mass is 237 g/mol. The molecule has 4 nitrogen and oxygen atoms in total. The standard InChI is InChI=1S/C11H11NO3S/c13-10-8-4-1-2-5-9(8)11(14)12(10)6-3-7-16-15/h1-2,4-5,15H,3,6-7H2. The van der Waals surface area contributed by atoms with Crippen LogP contribution in [0.15, 0.2) is 24.3 Å². The third-order valence-electron chi connectivity index (χ3n) is 2.50. The van der Waals surface area contributed by atoms with Crippen molar-refractivity contribution in [2.45, 2.75) is 6.42 Å². The summed E-state index contributed by atoms with van der Waals surface area (Å²) < 4.78 is 8.57. The molecular weight excluding hydrogens is 226 g/mol. The molecule has 16 heavy (non-hydrogen) atoms. The number of carbonyl (C=O) groups excluding carboxylic acids is 2. The Labute approximate surface area is 97.5 Å². The van der Waals surface area contributed by atoms with E-state index in [1.165, 1.54) is 4.90 Å². The van der Waals surface area contributed by atoms with Gasteiger partial charge in [0.2, 0.25) is 0 Å². The first-order chi connectivity index (χ1) is 7.75. The molecule has 0 fully saturated rings. The predicted molar refractivity (Wildman–Crippen MR) is 61.5 cm³/mol. The summed E-state index contributed by atoms with van der Waals surface area (Å²) in [6, 6.07) is 6.82. The number of rotatable bonds is 4. The number of amides is 2. The van der Waals surface area contributed by atoms with Crippen molar-refractivity contribution in [2.24, 2.45) is 0 Å². The molecule has 1 N–H and O–H groups in total. The smallest absolute Gasteiger partial charge is 0.261 e. The van der Waals surface area contributed by atoms with Gasteiger partial charge in [0.05, 0.1) is 11.1 Å². The number of nitrogens with zero attached hydrogens (tertiary/aromatic N) is 1. The highest BCUT2D eigenvalue weighted by atomic mass is 32.2. The van der Waals surface area contributed by atoms with Gasteiger partial charge in [-0.05, 0) is 30.6 Å². The van der Waals surface area contributed by atoms with E-state index in [0.717, 1.165) is 12.0 Å². The summed E-state index contributed by atoms with van der Waals surface area (Å²) in [5.74, 6) is 0.0556. The molecule has 0 radical (unpaired) electrons. The van der Waals surface area contributed by atoms with Crippen molar-refractivity contribution in [1.82, 2.24) is 4.90 Å². The van der Waals surface area contributed by atoms with Gasteiger partial charge < -0.3 is 4.55 Å². The van der Waals surface area contributed by atoms with Crippen molar-refractivity contribution in [3.05, 3.63) is 35.4 Å². The quantitative estimate of drug-likeness (QED) is 0.493. The van der Waals surface area contributed by atoms with Gasteiger partial charge in [-0.2, -0.15) is 0 Å². The highest BCUT2D eigenvalue weighted by Crippen LogP contribution is 2.22. The topological polar surface area (TPSA) is 57.6 Å². The van der Waals surface area contributed by atoms with Crippen molar-refractivity contribution in [3.8, 4) is 0 Å². The fourth-order valence-corrected chi connectivity index (χ4v) is 1.99. The summed E-state index contributed by atoms with van der Waals surface area (Å²) >= 11 is 0.722. The molecule has 0 aliphatic carbocycles. The first kappa shape index (κ1) is 11.2. The van der Waals surface area contributed by atoms with Crippen molar-refractivity contribution < 1.29 is 14.1 Å². The Morgan fingerprint density at radius 1 is 1.12 bits per heavy atom. The summed E-state index contributed by atoms with van der Waals surface area (Å²) in [6.45, 7) is 0.361. The fraction of sp³-hybridized carbons (Fsp3) is 0.273. The molecule has 2 amide bonds. The molecule has 1 aromatic rings. The van der Waals surface area contributed by atoms with Crippen LogP contribution in [0, 0.1) is 0 Å². The average molecular weight is 237 g/mol. The number of imide groups is 1. The van der Waals surface area contributed by atoms with E-state index in [1.54, 1.807) is 24.3 Å². The van der Waals surface area contributed by atoms with Gasteiger partial charge in [0.25, 0.3) is 11.8 Å². The molecule has 0 bridgehead atoms. The molecule has 0 aromatic heterocycles. The van der Waals surface area contributed by atoms with Gasteiger partial charge >= 0.3 is 0 Å². The molecule has 0 saturated carbocycles. The minimum atomic E-state index is -0.233. The SMILES string of the molecule is O=C1c2ccccc2C(=O)N1CCCSO. The van der Waals surface area contributed by atoms with E-state index in [-0.39, 0.29) is 11.8 Å². The van der Waals surface area contributed by atoms with Crippen LogP contribution in [0.1, 0.15) is 27.1 Å². The second-order valence-corrected chi connectivity index (χ2v) is 4.16. The van der Waals surface area contributed by atoms with E-state index >= 15 is 0 Å². The lowest BCUT2D eigenvalue weighted by atomic mass is 10.1. The number of hydrogen-bond acceptors (Lipinski definition) is 4. The predicted octanol–water partition coefficient (Wildman–Crippen LogP) is 1.88. The van der Waals surface area contributed by atoms with Crippen LogP contribution in [0.2, 0.25) is 0 Å². The van der Waals surface area contributed by atoms with Crippen molar-refractivity contribution in [2.75, 3.05) is 12.3 Å². The molecule has 1 aliphatic rings. The Balaban J connectivity index is 2.15. The zero-order valence-electron chi connectivity index (χ0n) is 8.55. The van der Waals surface area contributed by atoms with Gasteiger partial charge in [-0.25, -0.2) is 0 Å². The first-order valence-corrected chi connectivity index (χ1v) is 5.91. The molecule has 1 aliphatic heterocycles. The first-order valence-electron chi connectivity index (χ1n) is 4.97. The largest absolute Gasteiger partial charge is 0.330 e. The Hall–Kier alpha value is -1.33. The van der Waals surface area contributed by atoms with E-state index in [2.05, 4.69) is 0 Å². The van der Waals surface area contributed by atoms with Crippen molar-refractivity contribution in [1.29, 1.82) is 0 Å². The molecule has 84 valence electrons. The van der Waals surface area contributed by atoms with Crippen molar-refractivity contribution in [3.63, 3.8) is 0 Å². The molecular formula is C11H11NO3S. The van der Waals surface area contributed by atoms with E-state index in [1.807, 2.05) is 0 Å². The third-order valence-corrected chi connectivity index (χ3v) is 2.97. The van der Waals surface area contributed by atoms with Gasteiger partial charge in [0.1, 0.15) is 0 Å². The number of fused-ring (bicyclic) bond motifs is 1. The molecule has 1 heterocycles. The molecule has 1 aromatic carbocycles. The van der Waals surface area contributed by atoms with Crippen LogP contribution in [0.25, 0.3) is 0 Å². The molecule has 0 spiro atoms. The van der Waals surface area contributed by atoms with E-state index in [4.69, 9.17) is 4.55 Å². The molecule has 0 atom stereocenters. The van der Waals surface area contributed by atoms with Gasteiger partial charge in [-0.15, -0.1) is 0 Å². The van der Waals surface area contributed by atoms with Crippen LogP contribution in [0.3, 0.4) is 0 Å². The van der Waals surface area contributed by atoms with Gasteiger partial charge in [0, 0.05) is 12.3 Å². The second-order valence-electron chi connectivity index (χ2n) is 3.49. The summed E-state index contributed by atoms with van der Waals surface area (Å²) in [6.07, 6.45) is 0.604. The van der Waals surface area contributed by atoms with Crippen LogP contribution in [-0.2, 0) is 0 Å². The third kappa shape index (κ3) is 1.83. The highest BCUT2D eigenvalue weighted by molar-refractivity contribution is 7.93. The normalized spacial score (nSPS) is 14.4. The van der Waals surface area contributed by atoms with E-state index in [0.29, 0.717) is 29.8 Å². The van der Waals surface area contributed by atoms with Gasteiger partial charge in [0.15, 0.2) is 0 Å². The minimum Gasteiger partial charge on any atom is -0.330 e. The lowest BCUT2D eigenvalue weighted by Gasteiger charge is -2.12. The lowest BCUT2D eigenvalue weighted by molar-refractivity contribution is 0.0654. The van der Waals surface area contributed by atoms with Crippen LogP contribution in [0.5, 0.6) is 0 Å². The maximum atomic E-state index is 11.8. The van der Waals surface area contributed by atoms with Gasteiger partial charge in [-0.3, -0.25) is 14.5 Å². The number of hydrogen-bond donors (Lipinski definition) is 1. The Kier molecular flexibility index (Phi) is 3.26. The Morgan fingerprint density at radius 2 is 1.69 bits per heavy atom. The van der Waals surface area contributed by atoms with Crippen LogP contribution < -0.4 is 0 Å². The summed E-state index contributed by atoms with van der Waals surface area (Å²) in [7, 11) is 0. The average Bonchev–Trinajstić information content (AvgIpc) is 2.55. The van der Waals surface area contributed by atoms with E-state index < -0.39 is 0 Å². The Morgan fingerprint density at radius 3 is 2.19 bits per heavy atom. The maximum Gasteiger partial charge on any atom is 0.261 e. The van der Waals surface area contributed by atoms with Crippen LogP contribution in [0.4, 0.5) is 0 Å². The number of benzene rings is 1.